The molecule has 152 valence electrons. The summed E-state index contributed by atoms with van der Waals surface area (Å²) < 4.78 is 36.5. The predicted octanol–water partition coefficient (Wildman–Crippen LogP) is 1.95. The number of carbonyl (C=O) groups excluding carboxylic acids is 1. The standard InChI is InChI=1S/C18H18N4O5S2/c1-11-5-6-13-12(8-11)22(29(2,24)25)10-14(26-13)18(23)19-9-16-20-17(21-27-16)15-4-3-7-28-15/h3-8,14H,9-10H2,1-2H3,(H,19,23)/t14-/m0/s1. The number of fused-ring (bicyclic) bond motifs is 1. The van der Waals surface area contributed by atoms with Crippen molar-refractivity contribution in [2.45, 2.75) is 19.6 Å². The summed E-state index contributed by atoms with van der Waals surface area (Å²) in [5.74, 6) is 0.560. The Bertz CT molecular complexity index is 1140. The number of aromatic nitrogens is 2. The van der Waals surface area contributed by atoms with Gasteiger partial charge in [-0.2, -0.15) is 4.98 Å². The zero-order chi connectivity index (χ0) is 20.6. The lowest BCUT2D eigenvalue weighted by Gasteiger charge is -2.34. The molecule has 1 aromatic carbocycles. The maximum Gasteiger partial charge on any atom is 0.263 e. The summed E-state index contributed by atoms with van der Waals surface area (Å²) >= 11 is 1.48. The Kier molecular flexibility index (Phi) is 5.01. The topological polar surface area (TPSA) is 115 Å². The fraction of sp³-hybridized carbons (Fsp3) is 0.278. The molecule has 0 unspecified atom stereocenters. The fourth-order valence-electron chi connectivity index (χ4n) is 2.92. The second-order valence-electron chi connectivity index (χ2n) is 6.58. The van der Waals surface area contributed by atoms with E-state index in [1.807, 2.05) is 24.4 Å². The minimum atomic E-state index is -3.58. The van der Waals surface area contributed by atoms with Gasteiger partial charge in [-0.25, -0.2) is 8.42 Å². The van der Waals surface area contributed by atoms with Crippen LogP contribution in [0.25, 0.3) is 10.7 Å². The van der Waals surface area contributed by atoms with Gasteiger partial charge in [0.25, 0.3) is 5.91 Å². The van der Waals surface area contributed by atoms with Crippen molar-refractivity contribution in [3.63, 3.8) is 0 Å². The molecule has 0 radical (unpaired) electrons. The third-order valence-corrected chi connectivity index (χ3v) is 6.31. The van der Waals surface area contributed by atoms with Crippen molar-refractivity contribution in [1.29, 1.82) is 0 Å². The lowest BCUT2D eigenvalue weighted by molar-refractivity contribution is -0.128. The van der Waals surface area contributed by atoms with Gasteiger partial charge < -0.3 is 14.6 Å². The first-order valence-electron chi connectivity index (χ1n) is 8.70. The number of amides is 1. The Morgan fingerprint density at radius 1 is 1.38 bits per heavy atom. The lowest BCUT2D eigenvalue weighted by atomic mass is 10.1. The van der Waals surface area contributed by atoms with Crippen LogP contribution in [0.5, 0.6) is 5.75 Å². The molecule has 3 heterocycles. The number of anilines is 1. The van der Waals surface area contributed by atoms with Crippen LogP contribution in [0.1, 0.15) is 11.5 Å². The summed E-state index contributed by atoms with van der Waals surface area (Å²) in [5.41, 5.74) is 1.32. The zero-order valence-electron chi connectivity index (χ0n) is 15.7. The number of ether oxygens (including phenoxy) is 1. The molecule has 1 N–H and O–H groups in total. The van der Waals surface area contributed by atoms with Gasteiger partial charge in [0, 0.05) is 0 Å². The van der Waals surface area contributed by atoms with E-state index in [4.69, 9.17) is 9.26 Å². The minimum Gasteiger partial charge on any atom is -0.476 e. The van der Waals surface area contributed by atoms with E-state index < -0.39 is 22.0 Å². The molecule has 1 atom stereocenters. The van der Waals surface area contributed by atoms with Gasteiger partial charge in [-0.3, -0.25) is 9.10 Å². The molecule has 0 aliphatic carbocycles. The summed E-state index contributed by atoms with van der Waals surface area (Å²) in [6.45, 7) is 1.75. The SMILES string of the molecule is Cc1ccc2c(c1)N(S(C)(=O)=O)C[C@@H](C(=O)NCc1nc(-c3cccs3)no1)O2. The second-order valence-corrected chi connectivity index (χ2v) is 9.43. The highest BCUT2D eigenvalue weighted by atomic mass is 32.2. The van der Waals surface area contributed by atoms with Crippen molar-refractivity contribution < 1.29 is 22.5 Å². The maximum atomic E-state index is 12.6. The van der Waals surface area contributed by atoms with Gasteiger partial charge in [0.2, 0.25) is 21.7 Å². The normalized spacial score (nSPS) is 16.2. The van der Waals surface area contributed by atoms with Crippen molar-refractivity contribution in [2.24, 2.45) is 0 Å². The molecule has 11 heteroatoms. The number of benzene rings is 1. The van der Waals surface area contributed by atoms with Crippen LogP contribution in [0.3, 0.4) is 0 Å². The van der Waals surface area contributed by atoms with E-state index in [0.29, 0.717) is 17.3 Å². The Labute approximate surface area is 171 Å². The quantitative estimate of drug-likeness (QED) is 0.653. The molecule has 1 amide bonds. The molecule has 0 bridgehead atoms. The molecule has 4 rings (SSSR count). The van der Waals surface area contributed by atoms with E-state index in [1.54, 1.807) is 18.2 Å². The van der Waals surface area contributed by atoms with Gasteiger partial charge in [-0.15, -0.1) is 11.3 Å². The number of aryl methyl sites for hydroxylation is 1. The summed E-state index contributed by atoms with van der Waals surface area (Å²) in [5, 5.41) is 8.45. The summed E-state index contributed by atoms with van der Waals surface area (Å²) in [6.07, 6.45) is 0.101. The first-order chi connectivity index (χ1) is 13.8. The number of nitrogens with zero attached hydrogens (tertiary/aromatic N) is 3. The van der Waals surface area contributed by atoms with Crippen molar-refractivity contribution in [3.05, 3.63) is 47.2 Å². The molecule has 0 saturated heterocycles. The van der Waals surface area contributed by atoms with Crippen LogP contribution in [0.2, 0.25) is 0 Å². The van der Waals surface area contributed by atoms with Gasteiger partial charge in [0.1, 0.15) is 5.75 Å². The number of rotatable bonds is 5. The third-order valence-electron chi connectivity index (χ3n) is 4.30. The van der Waals surface area contributed by atoms with Crippen LogP contribution >= 0.6 is 11.3 Å². The van der Waals surface area contributed by atoms with E-state index in [2.05, 4.69) is 15.5 Å². The molecular formula is C18H18N4O5S2. The van der Waals surface area contributed by atoms with E-state index in [-0.39, 0.29) is 19.0 Å². The number of thiophene rings is 1. The smallest absolute Gasteiger partial charge is 0.263 e. The first kappa shape index (κ1) is 19.4. The number of nitrogens with one attached hydrogen (secondary N) is 1. The van der Waals surface area contributed by atoms with Gasteiger partial charge in [0.15, 0.2) is 6.10 Å². The average molecular weight is 434 g/mol. The summed E-state index contributed by atoms with van der Waals surface area (Å²) in [6, 6.07) is 8.92. The van der Waals surface area contributed by atoms with Gasteiger partial charge in [-0.1, -0.05) is 17.3 Å². The predicted molar refractivity (Wildman–Crippen MR) is 107 cm³/mol. The van der Waals surface area contributed by atoms with Gasteiger partial charge in [-0.05, 0) is 36.1 Å². The highest BCUT2D eigenvalue weighted by Crippen LogP contribution is 2.35. The molecule has 1 aliphatic rings. The van der Waals surface area contributed by atoms with Gasteiger partial charge >= 0.3 is 0 Å². The Morgan fingerprint density at radius 3 is 2.93 bits per heavy atom. The van der Waals surface area contributed by atoms with Crippen molar-refractivity contribution in [3.8, 4) is 16.5 Å². The average Bonchev–Trinajstić information content (AvgIpc) is 3.36. The van der Waals surface area contributed by atoms with Crippen molar-refractivity contribution in [2.75, 3.05) is 17.1 Å². The highest BCUT2D eigenvalue weighted by molar-refractivity contribution is 7.92. The summed E-state index contributed by atoms with van der Waals surface area (Å²) in [7, 11) is -3.58. The third kappa shape index (κ3) is 4.10. The number of hydrogen-bond donors (Lipinski definition) is 1. The minimum absolute atomic E-state index is 0.0106. The van der Waals surface area contributed by atoms with Gasteiger partial charge in [0.05, 0.1) is 29.9 Å². The molecule has 29 heavy (non-hydrogen) atoms. The molecule has 2 aromatic heterocycles. The molecule has 3 aromatic rings. The summed E-state index contributed by atoms with van der Waals surface area (Å²) in [4.78, 5) is 17.7. The molecule has 0 saturated carbocycles. The zero-order valence-corrected chi connectivity index (χ0v) is 17.3. The van der Waals surface area contributed by atoms with Crippen LogP contribution in [-0.2, 0) is 21.4 Å². The second kappa shape index (κ2) is 7.48. The lowest BCUT2D eigenvalue weighted by Crippen LogP contribution is -2.50. The van der Waals surface area contributed by atoms with E-state index in [1.165, 1.54) is 15.6 Å². The van der Waals surface area contributed by atoms with Crippen molar-refractivity contribution >= 4 is 33.0 Å². The Morgan fingerprint density at radius 2 is 2.21 bits per heavy atom. The highest BCUT2D eigenvalue weighted by Gasteiger charge is 2.35. The number of sulfonamides is 1. The number of hydrogen-bond acceptors (Lipinski definition) is 8. The maximum absolute atomic E-state index is 12.6. The van der Waals surface area contributed by atoms with E-state index in [9.17, 15) is 13.2 Å². The molecule has 0 spiro atoms. The van der Waals surface area contributed by atoms with Crippen LogP contribution in [-0.4, -0.2) is 43.4 Å². The molecular weight excluding hydrogens is 416 g/mol. The molecule has 0 fully saturated rings. The van der Waals surface area contributed by atoms with E-state index >= 15 is 0 Å². The van der Waals surface area contributed by atoms with Crippen LogP contribution in [0.4, 0.5) is 5.69 Å². The van der Waals surface area contributed by atoms with Crippen molar-refractivity contribution in [1.82, 2.24) is 15.5 Å². The Hall–Kier alpha value is -2.92. The molecule has 9 nitrogen and oxygen atoms in total. The van der Waals surface area contributed by atoms with Crippen LogP contribution in [0, 0.1) is 6.92 Å². The largest absolute Gasteiger partial charge is 0.476 e. The first-order valence-corrected chi connectivity index (χ1v) is 11.4. The fourth-order valence-corrected chi connectivity index (χ4v) is 4.48. The van der Waals surface area contributed by atoms with Crippen LogP contribution < -0.4 is 14.4 Å². The molecule has 1 aliphatic heterocycles. The van der Waals surface area contributed by atoms with E-state index in [0.717, 1.165) is 16.7 Å². The number of carbonyl (C=O) groups is 1. The monoisotopic (exact) mass is 434 g/mol. The van der Waals surface area contributed by atoms with Crippen LogP contribution in [0.15, 0.2) is 40.2 Å². The Balaban J connectivity index is 1.47.